The molecule has 1 aliphatic rings. The molecule has 2 rings (SSSR count). The molecular weight excluding hydrogens is 351 g/mol. The summed E-state index contributed by atoms with van der Waals surface area (Å²) >= 11 is 0. The fraction of sp³-hybridized carbons (Fsp3) is 0.357. The molecule has 1 amide bonds. The Hall–Kier alpha value is -2.23. The third kappa shape index (κ3) is 3.64. The van der Waals surface area contributed by atoms with E-state index in [0.717, 1.165) is 11.5 Å². The molecule has 0 N–H and O–H groups in total. The number of alkyl halides is 3. The number of methoxy groups -OCH3 is 2. The molecule has 10 heteroatoms. The number of nitrogens with zero attached hydrogens (tertiary/aromatic N) is 1. The van der Waals surface area contributed by atoms with Crippen LogP contribution in [0.1, 0.15) is 0 Å². The topological polar surface area (TPSA) is 72.9 Å². The Bertz CT molecular complexity index is 773. The zero-order valence-corrected chi connectivity index (χ0v) is 13.5. The lowest BCUT2D eigenvalue weighted by atomic mass is 10.2. The second kappa shape index (κ2) is 6.34. The van der Waals surface area contributed by atoms with Crippen molar-refractivity contribution in [3.63, 3.8) is 0 Å². The molecule has 1 atom stereocenters. The van der Waals surface area contributed by atoms with Crippen LogP contribution < -0.4 is 14.4 Å². The van der Waals surface area contributed by atoms with Crippen LogP contribution in [0, 0.1) is 0 Å². The Kier molecular flexibility index (Phi) is 4.79. The largest absolute Gasteiger partial charge is 0.497 e. The van der Waals surface area contributed by atoms with Crippen molar-refractivity contribution < 1.29 is 35.9 Å². The molecule has 1 unspecified atom stereocenters. The van der Waals surface area contributed by atoms with E-state index in [0.29, 0.717) is 4.90 Å². The quantitative estimate of drug-likeness (QED) is 0.815. The van der Waals surface area contributed by atoms with Gasteiger partial charge in [-0.1, -0.05) is 0 Å². The number of sulfone groups is 1. The van der Waals surface area contributed by atoms with Crippen LogP contribution >= 0.6 is 0 Å². The van der Waals surface area contributed by atoms with Crippen molar-refractivity contribution >= 4 is 21.4 Å². The molecule has 1 aromatic carbocycles. The maximum Gasteiger partial charge on any atom is 0.471 e. The third-order valence-corrected chi connectivity index (χ3v) is 4.73. The molecule has 0 spiro atoms. The first-order valence-electron chi connectivity index (χ1n) is 6.62. The zero-order valence-electron chi connectivity index (χ0n) is 12.7. The lowest BCUT2D eigenvalue weighted by Crippen LogP contribution is -2.48. The van der Waals surface area contributed by atoms with Gasteiger partial charge in [0.2, 0.25) is 0 Å². The van der Waals surface area contributed by atoms with Gasteiger partial charge in [0.15, 0.2) is 9.84 Å². The average molecular weight is 365 g/mol. The summed E-state index contributed by atoms with van der Waals surface area (Å²) in [5.74, 6) is -2.67. The van der Waals surface area contributed by atoms with Crippen molar-refractivity contribution in [2.24, 2.45) is 0 Å². The minimum absolute atomic E-state index is 0.0221. The number of hydrogen-bond acceptors (Lipinski definition) is 5. The summed E-state index contributed by atoms with van der Waals surface area (Å²) in [6.45, 7) is 0. The predicted octanol–water partition coefficient (Wildman–Crippen LogP) is 1.91. The molecule has 0 bridgehead atoms. The Morgan fingerprint density at radius 2 is 1.92 bits per heavy atom. The maximum absolute atomic E-state index is 13.0. The predicted molar refractivity (Wildman–Crippen MR) is 79.8 cm³/mol. The molecule has 132 valence electrons. The molecule has 1 aliphatic heterocycles. The lowest BCUT2D eigenvalue weighted by Gasteiger charge is -2.29. The van der Waals surface area contributed by atoms with E-state index in [2.05, 4.69) is 0 Å². The highest BCUT2D eigenvalue weighted by atomic mass is 32.2. The van der Waals surface area contributed by atoms with Crippen LogP contribution in [-0.2, 0) is 14.6 Å². The third-order valence-electron chi connectivity index (χ3n) is 3.35. The summed E-state index contributed by atoms with van der Waals surface area (Å²) in [4.78, 5) is 12.3. The van der Waals surface area contributed by atoms with E-state index in [-0.39, 0.29) is 17.2 Å². The molecule has 1 heterocycles. The van der Waals surface area contributed by atoms with E-state index in [1.807, 2.05) is 0 Å². The van der Waals surface area contributed by atoms with E-state index in [1.165, 1.54) is 32.4 Å². The highest BCUT2D eigenvalue weighted by Crippen LogP contribution is 2.37. The van der Waals surface area contributed by atoms with E-state index >= 15 is 0 Å². The van der Waals surface area contributed by atoms with Crippen molar-refractivity contribution in [1.82, 2.24) is 0 Å². The number of amides is 1. The van der Waals surface area contributed by atoms with Gasteiger partial charge in [-0.25, -0.2) is 8.42 Å². The minimum Gasteiger partial charge on any atom is -0.497 e. The van der Waals surface area contributed by atoms with Gasteiger partial charge < -0.3 is 9.47 Å². The monoisotopic (exact) mass is 365 g/mol. The van der Waals surface area contributed by atoms with Crippen LogP contribution in [-0.4, -0.2) is 46.5 Å². The van der Waals surface area contributed by atoms with Crippen LogP contribution in [0.4, 0.5) is 18.9 Å². The minimum atomic E-state index is -5.19. The van der Waals surface area contributed by atoms with E-state index in [1.54, 1.807) is 0 Å². The Morgan fingerprint density at radius 3 is 2.38 bits per heavy atom. The number of benzene rings is 1. The second-order valence-electron chi connectivity index (χ2n) is 4.94. The summed E-state index contributed by atoms with van der Waals surface area (Å²) < 4.78 is 72.1. The van der Waals surface area contributed by atoms with Gasteiger partial charge in [0.1, 0.15) is 11.5 Å². The number of carbonyl (C=O) groups excluding carboxylic acids is 1. The molecule has 24 heavy (non-hydrogen) atoms. The molecule has 0 aromatic heterocycles. The van der Waals surface area contributed by atoms with Crippen molar-refractivity contribution in [2.45, 2.75) is 12.2 Å². The number of carbonyl (C=O) groups is 1. The number of anilines is 1. The molecule has 0 aliphatic carbocycles. The fourth-order valence-electron chi connectivity index (χ4n) is 2.28. The standard InChI is InChI=1S/C14H14F3NO5S/c1-22-10-3-4-12(23-2)11(7-10)18(13(19)14(15,16)17)9-5-6-24(20,21)8-9/h3-7,9H,8H2,1-2H3. The summed E-state index contributed by atoms with van der Waals surface area (Å²) in [5, 5.41) is 0.793. The van der Waals surface area contributed by atoms with Crippen molar-refractivity contribution in [3.05, 3.63) is 29.7 Å². The maximum atomic E-state index is 13.0. The molecule has 6 nitrogen and oxygen atoms in total. The average Bonchev–Trinajstić information content (AvgIpc) is 2.86. The molecular formula is C14H14F3NO5S. The number of rotatable bonds is 4. The van der Waals surface area contributed by atoms with E-state index in [4.69, 9.17) is 9.47 Å². The Labute approximate surface area is 136 Å². The molecule has 0 saturated heterocycles. The fourth-order valence-corrected chi connectivity index (χ4v) is 3.55. The van der Waals surface area contributed by atoms with Gasteiger partial charge in [-0.05, 0) is 18.2 Å². The van der Waals surface area contributed by atoms with Gasteiger partial charge in [0.25, 0.3) is 0 Å². The number of ether oxygens (including phenoxy) is 2. The van der Waals surface area contributed by atoms with Crippen LogP contribution in [0.2, 0.25) is 0 Å². The molecule has 0 fully saturated rings. The van der Waals surface area contributed by atoms with E-state index < -0.39 is 33.7 Å². The summed E-state index contributed by atoms with van der Waals surface area (Å²) in [6, 6.07) is 2.66. The van der Waals surface area contributed by atoms with Gasteiger partial charge >= 0.3 is 12.1 Å². The van der Waals surface area contributed by atoms with E-state index in [9.17, 15) is 26.4 Å². The summed E-state index contributed by atoms with van der Waals surface area (Å²) in [5.41, 5.74) is -0.231. The first kappa shape index (κ1) is 18.1. The van der Waals surface area contributed by atoms with Gasteiger partial charge in [0.05, 0.1) is 31.7 Å². The first-order chi connectivity index (χ1) is 11.1. The van der Waals surface area contributed by atoms with Crippen LogP contribution in [0.5, 0.6) is 11.5 Å². The molecule has 1 aromatic rings. The smallest absolute Gasteiger partial charge is 0.471 e. The SMILES string of the molecule is COc1ccc(OC)c(N(C(=O)C(F)(F)F)C2C=CS(=O)(=O)C2)c1. The first-order valence-corrected chi connectivity index (χ1v) is 8.34. The van der Waals surface area contributed by atoms with Crippen molar-refractivity contribution in [2.75, 3.05) is 24.9 Å². The Morgan fingerprint density at radius 1 is 1.25 bits per heavy atom. The highest BCUT2D eigenvalue weighted by molar-refractivity contribution is 7.94. The Balaban J connectivity index is 2.59. The van der Waals surface area contributed by atoms with Crippen LogP contribution in [0.15, 0.2) is 29.7 Å². The molecule has 0 saturated carbocycles. The normalized spacial score (nSPS) is 19.1. The lowest BCUT2D eigenvalue weighted by molar-refractivity contribution is -0.170. The van der Waals surface area contributed by atoms with Crippen molar-refractivity contribution in [3.8, 4) is 11.5 Å². The van der Waals surface area contributed by atoms with Crippen molar-refractivity contribution in [1.29, 1.82) is 0 Å². The van der Waals surface area contributed by atoms with Gasteiger partial charge in [-0.2, -0.15) is 13.2 Å². The second-order valence-corrected chi connectivity index (χ2v) is 6.87. The summed E-state index contributed by atoms with van der Waals surface area (Å²) in [6.07, 6.45) is -4.15. The van der Waals surface area contributed by atoms with Crippen LogP contribution in [0.25, 0.3) is 0 Å². The van der Waals surface area contributed by atoms with Gasteiger partial charge in [-0.3, -0.25) is 9.69 Å². The van der Waals surface area contributed by atoms with Crippen LogP contribution in [0.3, 0.4) is 0 Å². The van der Waals surface area contributed by atoms with Gasteiger partial charge in [-0.15, -0.1) is 0 Å². The highest BCUT2D eigenvalue weighted by Gasteiger charge is 2.47. The number of hydrogen-bond donors (Lipinski definition) is 0. The van der Waals surface area contributed by atoms with Gasteiger partial charge in [0, 0.05) is 11.5 Å². The summed E-state index contributed by atoms with van der Waals surface area (Å²) in [7, 11) is -1.14. The molecule has 0 radical (unpaired) electrons. The zero-order chi connectivity index (χ0) is 18.1. The number of halogens is 3.